The first kappa shape index (κ1) is 19.0. The number of carbonyl (C=O) groups excluding carboxylic acids is 3. The second kappa shape index (κ2) is 9.84. The van der Waals surface area contributed by atoms with E-state index in [1.54, 1.807) is 31.2 Å². The molecule has 0 bridgehead atoms. The second-order valence-electron chi connectivity index (χ2n) is 5.09. The van der Waals surface area contributed by atoms with Crippen LogP contribution in [0.4, 0.5) is 0 Å². The van der Waals surface area contributed by atoms with Crippen LogP contribution in [0, 0.1) is 0 Å². The fourth-order valence-electron chi connectivity index (χ4n) is 1.77. The Kier molecular flexibility index (Phi) is 8.11. The molecular formula is C16H22ClN3O3. The van der Waals surface area contributed by atoms with Crippen LogP contribution in [-0.4, -0.2) is 36.9 Å². The first-order valence-electron chi connectivity index (χ1n) is 7.55. The minimum Gasteiger partial charge on any atom is -0.354 e. The van der Waals surface area contributed by atoms with Crippen LogP contribution in [0.1, 0.15) is 37.0 Å². The van der Waals surface area contributed by atoms with E-state index in [0.717, 1.165) is 6.42 Å². The highest BCUT2D eigenvalue weighted by molar-refractivity contribution is 6.30. The van der Waals surface area contributed by atoms with Crippen LogP contribution in [-0.2, 0) is 9.59 Å². The fourth-order valence-corrected chi connectivity index (χ4v) is 1.90. The van der Waals surface area contributed by atoms with Crippen molar-refractivity contribution < 1.29 is 14.4 Å². The van der Waals surface area contributed by atoms with Crippen molar-refractivity contribution >= 4 is 29.3 Å². The fraction of sp³-hybridized carbons (Fsp3) is 0.438. The van der Waals surface area contributed by atoms with Crippen molar-refractivity contribution in [3.8, 4) is 0 Å². The molecule has 0 unspecified atom stereocenters. The van der Waals surface area contributed by atoms with Crippen LogP contribution in [0.15, 0.2) is 24.3 Å². The first-order chi connectivity index (χ1) is 10.9. The first-order valence-corrected chi connectivity index (χ1v) is 7.92. The van der Waals surface area contributed by atoms with Gasteiger partial charge in [-0.05, 0) is 37.6 Å². The molecule has 3 N–H and O–H groups in total. The van der Waals surface area contributed by atoms with E-state index in [9.17, 15) is 14.4 Å². The van der Waals surface area contributed by atoms with Crippen LogP contribution in [0.5, 0.6) is 0 Å². The average Bonchev–Trinajstić information content (AvgIpc) is 2.52. The molecule has 1 rings (SSSR count). The Morgan fingerprint density at radius 1 is 1.09 bits per heavy atom. The molecular weight excluding hydrogens is 318 g/mol. The van der Waals surface area contributed by atoms with Gasteiger partial charge in [-0.25, -0.2) is 0 Å². The lowest BCUT2D eigenvalue weighted by atomic mass is 10.2. The zero-order chi connectivity index (χ0) is 17.2. The van der Waals surface area contributed by atoms with Crippen molar-refractivity contribution in [2.24, 2.45) is 0 Å². The lowest BCUT2D eigenvalue weighted by Crippen LogP contribution is -2.45. The summed E-state index contributed by atoms with van der Waals surface area (Å²) in [5.74, 6) is -0.783. The van der Waals surface area contributed by atoms with Gasteiger partial charge in [0.15, 0.2) is 0 Å². The van der Waals surface area contributed by atoms with Gasteiger partial charge in [-0.15, -0.1) is 0 Å². The Morgan fingerprint density at radius 3 is 2.35 bits per heavy atom. The SMILES string of the molecule is CCCNC(=O)[C@H](C)NC(=O)CCNC(=O)c1ccc(Cl)cc1. The van der Waals surface area contributed by atoms with Crippen molar-refractivity contribution in [3.05, 3.63) is 34.9 Å². The van der Waals surface area contributed by atoms with Crippen molar-refractivity contribution in [1.82, 2.24) is 16.0 Å². The summed E-state index contributed by atoms with van der Waals surface area (Å²) in [6.45, 7) is 4.34. The number of amides is 3. The van der Waals surface area contributed by atoms with Gasteiger partial charge in [0.25, 0.3) is 5.91 Å². The van der Waals surface area contributed by atoms with Crippen LogP contribution in [0.2, 0.25) is 5.02 Å². The molecule has 0 saturated heterocycles. The molecule has 7 heteroatoms. The molecule has 126 valence electrons. The van der Waals surface area contributed by atoms with Crippen LogP contribution < -0.4 is 16.0 Å². The van der Waals surface area contributed by atoms with E-state index in [2.05, 4.69) is 16.0 Å². The summed E-state index contributed by atoms with van der Waals surface area (Å²) in [6, 6.07) is 5.87. The number of halogens is 1. The van der Waals surface area contributed by atoms with Gasteiger partial charge in [-0.2, -0.15) is 0 Å². The van der Waals surface area contributed by atoms with Crippen molar-refractivity contribution in [2.75, 3.05) is 13.1 Å². The maximum Gasteiger partial charge on any atom is 0.251 e. The quantitative estimate of drug-likeness (QED) is 0.670. The van der Waals surface area contributed by atoms with Gasteiger partial charge < -0.3 is 16.0 Å². The number of rotatable bonds is 8. The molecule has 6 nitrogen and oxygen atoms in total. The molecule has 1 aromatic carbocycles. The zero-order valence-electron chi connectivity index (χ0n) is 13.3. The smallest absolute Gasteiger partial charge is 0.251 e. The summed E-state index contributed by atoms with van der Waals surface area (Å²) in [4.78, 5) is 35.2. The van der Waals surface area contributed by atoms with E-state index in [1.807, 2.05) is 6.92 Å². The lowest BCUT2D eigenvalue weighted by Gasteiger charge is -2.14. The molecule has 0 saturated carbocycles. The molecule has 1 aromatic rings. The maximum atomic E-state index is 11.8. The van der Waals surface area contributed by atoms with Crippen LogP contribution >= 0.6 is 11.6 Å². The molecule has 0 aliphatic heterocycles. The highest BCUT2D eigenvalue weighted by Gasteiger charge is 2.14. The van der Waals surface area contributed by atoms with Crippen LogP contribution in [0.3, 0.4) is 0 Å². The third-order valence-electron chi connectivity index (χ3n) is 3.06. The van der Waals surface area contributed by atoms with E-state index >= 15 is 0 Å². The van der Waals surface area contributed by atoms with Gasteiger partial charge in [0.1, 0.15) is 6.04 Å². The van der Waals surface area contributed by atoms with Gasteiger partial charge in [0, 0.05) is 30.1 Å². The molecule has 0 aliphatic carbocycles. The van der Waals surface area contributed by atoms with E-state index in [4.69, 9.17) is 11.6 Å². The highest BCUT2D eigenvalue weighted by Crippen LogP contribution is 2.09. The predicted octanol–water partition coefficient (Wildman–Crippen LogP) is 1.49. The lowest BCUT2D eigenvalue weighted by molar-refractivity contribution is -0.128. The second-order valence-corrected chi connectivity index (χ2v) is 5.53. The maximum absolute atomic E-state index is 11.8. The molecule has 0 fully saturated rings. The highest BCUT2D eigenvalue weighted by atomic mass is 35.5. The summed E-state index contributed by atoms with van der Waals surface area (Å²) in [5.41, 5.74) is 0.474. The van der Waals surface area contributed by atoms with Crippen molar-refractivity contribution in [1.29, 1.82) is 0 Å². The number of hydrogen-bond donors (Lipinski definition) is 3. The zero-order valence-corrected chi connectivity index (χ0v) is 14.1. The van der Waals surface area contributed by atoms with Crippen LogP contribution in [0.25, 0.3) is 0 Å². The minimum absolute atomic E-state index is 0.102. The summed E-state index contributed by atoms with van der Waals surface area (Å²) in [5, 5.41) is 8.49. The molecule has 0 aliphatic rings. The molecule has 1 atom stereocenters. The molecule has 0 spiro atoms. The average molecular weight is 340 g/mol. The standard InChI is InChI=1S/C16H22ClN3O3/c1-3-9-18-15(22)11(2)20-14(21)8-10-19-16(23)12-4-6-13(17)7-5-12/h4-7,11H,3,8-10H2,1-2H3,(H,18,22)(H,19,23)(H,20,21)/t11-/m0/s1. The Morgan fingerprint density at radius 2 is 1.74 bits per heavy atom. The minimum atomic E-state index is -0.596. The normalized spacial score (nSPS) is 11.4. The largest absolute Gasteiger partial charge is 0.354 e. The van der Waals surface area contributed by atoms with Gasteiger partial charge in [0.2, 0.25) is 11.8 Å². The molecule has 3 amide bonds. The number of benzene rings is 1. The van der Waals surface area contributed by atoms with E-state index in [-0.39, 0.29) is 30.7 Å². The van der Waals surface area contributed by atoms with Gasteiger partial charge in [-0.3, -0.25) is 14.4 Å². The van der Waals surface area contributed by atoms with Gasteiger partial charge in [0.05, 0.1) is 0 Å². The Hall–Kier alpha value is -2.08. The summed E-state index contributed by atoms with van der Waals surface area (Å²) in [6.07, 6.45) is 0.938. The third-order valence-corrected chi connectivity index (χ3v) is 3.32. The molecule has 0 heterocycles. The van der Waals surface area contributed by atoms with E-state index in [0.29, 0.717) is 17.1 Å². The topological polar surface area (TPSA) is 87.3 Å². The molecule has 0 aromatic heterocycles. The Bertz CT molecular complexity index is 546. The Balaban J connectivity index is 2.29. The van der Waals surface area contributed by atoms with Gasteiger partial charge in [-0.1, -0.05) is 18.5 Å². The monoisotopic (exact) mass is 339 g/mol. The van der Waals surface area contributed by atoms with E-state index in [1.165, 1.54) is 0 Å². The summed E-state index contributed by atoms with van der Waals surface area (Å²) >= 11 is 5.75. The summed E-state index contributed by atoms with van der Waals surface area (Å²) in [7, 11) is 0. The number of carbonyl (C=O) groups is 3. The molecule has 0 radical (unpaired) electrons. The van der Waals surface area contributed by atoms with Gasteiger partial charge >= 0.3 is 0 Å². The Labute approximate surface area is 141 Å². The van der Waals surface area contributed by atoms with E-state index < -0.39 is 6.04 Å². The summed E-state index contributed by atoms with van der Waals surface area (Å²) < 4.78 is 0. The third kappa shape index (κ3) is 7.15. The number of hydrogen-bond acceptors (Lipinski definition) is 3. The number of nitrogens with one attached hydrogen (secondary N) is 3. The predicted molar refractivity (Wildman–Crippen MR) is 89.3 cm³/mol. The van der Waals surface area contributed by atoms with Crippen molar-refractivity contribution in [3.63, 3.8) is 0 Å². The molecule has 23 heavy (non-hydrogen) atoms. The van der Waals surface area contributed by atoms with Crippen molar-refractivity contribution in [2.45, 2.75) is 32.7 Å².